The molecule has 2 rings (SSSR count). The van der Waals surface area contributed by atoms with Crippen LogP contribution in [0.25, 0.3) is 0 Å². The van der Waals surface area contributed by atoms with Crippen LogP contribution in [-0.2, 0) is 14.8 Å². The highest BCUT2D eigenvalue weighted by molar-refractivity contribution is 7.92. The van der Waals surface area contributed by atoms with Crippen LogP contribution in [-0.4, -0.2) is 33.2 Å². The lowest BCUT2D eigenvalue weighted by Crippen LogP contribution is -2.45. The van der Waals surface area contributed by atoms with Gasteiger partial charge in [-0.25, -0.2) is 8.42 Å². The van der Waals surface area contributed by atoms with Gasteiger partial charge in [-0.2, -0.15) is 0 Å². The van der Waals surface area contributed by atoms with E-state index in [-0.39, 0.29) is 0 Å². The van der Waals surface area contributed by atoms with Crippen LogP contribution in [0.3, 0.4) is 0 Å². The summed E-state index contributed by atoms with van der Waals surface area (Å²) in [4.78, 5) is 12.8. The van der Waals surface area contributed by atoms with E-state index in [2.05, 4.69) is 11.9 Å². The van der Waals surface area contributed by atoms with Crippen LogP contribution in [0.4, 0.5) is 11.4 Å². The third-order valence-electron chi connectivity index (χ3n) is 4.16. The predicted octanol–water partition coefficient (Wildman–Crippen LogP) is 3.66. The van der Waals surface area contributed by atoms with Crippen molar-refractivity contribution in [2.45, 2.75) is 26.8 Å². The van der Waals surface area contributed by atoms with Crippen LogP contribution in [0.15, 0.2) is 55.1 Å². The standard InChI is InChI=1S/C21H26N2O4S/c1-6-12-27-19-9-7-8-18(14-19)22-21(24)17(4)23(28(5,25)26)20-13-15(2)10-11-16(20)3/h6-11,13-14,17H,1,12H2,2-5H3,(H,22,24)/t17-/m0/s1. The van der Waals surface area contributed by atoms with Crippen LogP contribution in [0.1, 0.15) is 18.1 Å². The Morgan fingerprint density at radius 1 is 1.25 bits per heavy atom. The number of benzene rings is 2. The second-order valence-corrected chi connectivity index (χ2v) is 8.50. The molecule has 0 saturated heterocycles. The average Bonchev–Trinajstić information content (AvgIpc) is 2.62. The Bertz CT molecular complexity index is 970. The summed E-state index contributed by atoms with van der Waals surface area (Å²) in [6.45, 7) is 9.21. The number of hydrogen-bond donors (Lipinski definition) is 1. The number of nitrogens with one attached hydrogen (secondary N) is 1. The summed E-state index contributed by atoms with van der Waals surface area (Å²) in [7, 11) is -3.68. The molecule has 7 heteroatoms. The van der Waals surface area contributed by atoms with Gasteiger partial charge in [-0.3, -0.25) is 9.10 Å². The summed E-state index contributed by atoms with van der Waals surface area (Å²) in [6.07, 6.45) is 2.73. The largest absolute Gasteiger partial charge is 0.489 e. The van der Waals surface area contributed by atoms with Gasteiger partial charge in [0.2, 0.25) is 15.9 Å². The fourth-order valence-corrected chi connectivity index (χ4v) is 4.03. The number of carbonyl (C=O) groups is 1. The lowest BCUT2D eigenvalue weighted by atomic mass is 10.1. The number of carbonyl (C=O) groups excluding carboxylic acids is 1. The molecule has 150 valence electrons. The molecule has 6 nitrogen and oxygen atoms in total. The highest BCUT2D eigenvalue weighted by atomic mass is 32.2. The number of hydrogen-bond acceptors (Lipinski definition) is 4. The molecule has 1 atom stereocenters. The fourth-order valence-electron chi connectivity index (χ4n) is 2.80. The van der Waals surface area contributed by atoms with Crippen LogP contribution in [0.5, 0.6) is 5.75 Å². The van der Waals surface area contributed by atoms with E-state index < -0.39 is 22.0 Å². The van der Waals surface area contributed by atoms with Gasteiger partial charge in [0.15, 0.2) is 0 Å². The molecule has 1 amide bonds. The maximum absolute atomic E-state index is 12.8. The van der Waals surface area contributed by atoms with E-state index in [0.717, 1.165) is 21.7 Å². The molecule has 0 spiro atoms. The van der Waals surface area contributed by atoms with Crippen LogP contribution in [0, 0.1) is 13.8 Å². The molecule has 1 N–H and O–H groups in total. The van der Waals surface area contributed by atoms with E-state index >= 15 is 0 Å². The SMILES string of the molecule is C=CCOc1cccc(NC(=O)[C@H](C)N(c2cc(C)ccc2C)S(C)(=O)=O)c1. The molecule has 28 heavy (non-hydrogen) atoms. The first kappa shape index (κ1) is 21.5. The molecule has 0 aliphatic rings. The number of nitrogens with zero attached hydrogens (tertiary/aromatic N) is 1. The highest BCUT2D eigenvalue weighted by Gasteiger charge is 2.30. The molecule has 0 radical (unpaired) electrons. The van der Waals surface area contributed by atoms with Gasteiger partial charge in [-0.1, -0.05) is 30.9 Å². The summed E-state index contributed by atoms with van der Waals surface area (Å²) in [5.74, 6) is 0.145. The Kier molecular flexibility index (Phi) is 6.85. The van der Waals surface area contributed by atoms with Gasteiger partial charge in [-0.05, 0) is 50.1 Å². The minimum Gasteiger partial charge on any atom is -0.489 e. The van der Waals surface area contributed by atoms with E-state index in [1.165, 1.54) is 0 Å². The molecular weight excluding hydrogens is 376 g/mol. The normalized spacial score (nSPS) is 12.1. The van der Waals surface area contributed by atoms with Gasteiger partial charge in [-0.15, -0.1) is 0 Å². The fraction of sp³-hybridized carbons (Fsp3) is 0.286. The van der Waals surface area contributed by atoms with Crippen molar-refractivity contribution in [2.24, 2.45) is 0 Å². The first-order valence-corrected chi connectivity index (χ1v) is 10.7. The molecule has 0 aromatic heterocycles. The van der Waals surface area contributed by atoms with Crippen LogP contribution < -0.4 is 14.4 Å². The minimum absolute atomic E-state index is 0.349. The molecule has 0 fully saturated rings. The molecule has 0 aliphatic carbocycles. The van der Waals surface area contributed by atoms with Crippen molar-refractivity contribution in [3.05, 3.63) is 66.2 Å². The van der Waals surface area contributed by atoms with Gasteiger partial charge in [0.25, 0.3) is 0 Å². The summed E-state index contributed by atoms with van der Waals surface area (Å²) >= 11 is 0. The second kappa shape index (κ2) is 8.93. The zero-order valence-electron chi connectivity index (χ0n) is 16.6. The summed E-state index contributed by atoms with van der Waals surface area (Å²) in [5, 5.41) is 2.76. The van der Waals surface area contributed by atoms with E-state index in [1.54, 1.807) is 43.3 Å². The van der Waals surface area contributed by atoms with Crippen LogP contribution in [0.2, 0.25) is 0 Å². The Labute approximate surface area is 166 Å². The number of ether oxygens (including phenoxy) is 1. The molecule has 0 saturated carbocycles. The number of sulfonamides is 1. The van der Waals surface area contributed by atoms with E-state index in [1.807, 2.05) is 26.0 Å². The molecule has 2 aromatic rings. The van der Waals surface area contributed by atoms with Crippen molar-refractivity contribution in [1.82, 2.24) is 0 Å². The topological polar surface area (TPSA) is 75.7 Å². The molecule has 0 bridgehead atoms. The maximum Gasteiger partial charge on any atom is 0.247 e. The van der Waals surface area contributed by atoms with Crippen LogP contribution >= 0.6 is 0 Å². The Balaban J connectivity index is 2.30. The molecular formula is C21H26N2O4S. The second-order valence-electron chi connectivity index (χ2n) is 6.64. The van der Waals surface area contributed by atoms with Crippen molar-refractivity contribution >= 4 is 27.3 Å². The quantitative estimate of drug-likeness (QED) is 0.684. The van der Waals surface area contributed by atoms with Gasteiger partial charge < -0.3 is 10.1 Å². The molecule has 0 unspecified atom stereocenters. The van der Waals surface area contributed by atoms with Crippen molar-refractivity contribution < 1.29 is 17.9 Å². The first-order valence-electron chi connectivity index (χ1n) is 8.84. The predicted molar refractivity (Wildman–Crippen MR) is 113 cm³/mol. The number of amides is 1. The van der Waals surface area contributed by atoms with Crippen molar-refractivity contribution in [3.63, 3.8) is 0 Å². The Hall–Kier alpha value is -2.80. The minimum atomic E-state index is -3.68. The van der Waals surface area contributed by atoms with Crippen molar-refractivity contribution in [2.75, 3.05) is 22.5 Å². The summed E-state index contributed by atoms with van der Waals surface area (Å²) in [6, 6.07) is 11.5. The van der Waals surface area contributed by atoms with E-state index in [9.17, 15) is 13.2 Å². The third-order valence-corrected chi connectivity index (χ3v) is 5.39. The lowest BCUT2D eigenvalue weighted by Gasteiger charge is -2.29. The number of aryl methyl sites for hydroxylation is 2. The first-order chi connectivity index (χ1) is 13.1. The smallest absolute Gasteiger partial charge is 0.247 e. The maximum atomic E-state index is 12.8. The van der Waals surface area contributed by atoms with E-state index in [4.69, 9.17) is 4.74 Å². The molecule has 0 heterocycles. The summed E-state index contributed by atoms with van der Waals surface area (Å²) < 4.78 is 31.6. The molecule has 2 aromatic carbocycles. The lowest BCUT2D eigenvalue weighted by molar-refractivity contribution is -0.116. The average molecular weight is 403 g/mol. The zero-order chi connectivity index (χ0) is 20.9. The van der Waals surface area contributed by atoms with Gasteiger partial charge >= 0.3 is 0 Å². The van der Waals surface area contributed by atoms with E-state index in [0.29, 0.717) is 23.7 Å². The third kappa shape index (κ3) is 5.36. The monoisotopic (exact) mass is 402 g/mol. The Morgan fingerprint density at radius 3 is 2.61 bits per heavy atom. The van der Waals surface area contributed by atoms with Gasteiger partial charge in [0, 0.05) is 11.8 Å². The zero-order valence-corrected chi connectivity index (χ0v) is 17.4. The number of rotatable bonds is 8. The summed E-state index contributed by atoms with van der Waals surface area (Å²) in [5.41, 5.74) is 2.70. The van der Waals surface area contributed by atoms with Gasteiger partial charge in [0.05, 0.1) is 11.9 Å². The van der Waals surface area contributed by atoms with Gasteiger partial charge in [0.1, 0.15) is 18.4 Å². The molecule has 0 aliphatic heterocycles. The Morgan fingerprint density at radius 2 is 1.96 bits per heavy atom. The van der Waals surface area contributed by atoms with Crippen molar-refractivity contribution in [1.29, 1.82) is 0 Å². The van der Waals surface area contributed by atoms with Crippen molar-refractivity contribution in [3.8, 4) is 5.75 Å². The highest BCUT2D eigenvalue weighted by Crippen LogP contribution is 2.27. The number of anilines is 2.